The molecule has 1 atom stereocenters. The van der Waals surface area contributed by atoms with Crippen molar-refractivity contribution in [2.24, 2.45) is 0 Å². The average molecular weight is 360 g/mol. The third-order valence-electron chi connectivity index (χ3n) is 4.91. The zero-order chi connectivity index (χ0) is 19.3. The van der Waals surface area contributed by atoms with Gasteiger partial charge >= 0.3 is 11.9 Å². The third kappa shape index (κ3) is 3.60. The molecule has 0 aromatic heterocycles. The van der Waals surface area contributed by atoms with Gasteiger partial charge in [0.2, 0.25) is 0 Å². The molecular formula is C23H20O4. The largest absolute Gasteiger partial charge is 0.481 e. The van der Waals surface area contributed by atoms with Gasteiger partial charge in [-0.1, -0.05) is 91.0 Å². The van der Waals surface area contributed by atoms with Gasteiger partial charge in [0.05, 0.1) is 5.92 Å². The molecule has 0 fully saturated rings. The summed E-state index contributed by atoms with van der Waals surface area (Å²) in [7, 11) is 0. The maximum atomic E-state index is 12.6. The van der Waals surface area contributed by atoms with E-state index in [0.29, 0.717) is 16.7 Å². The normalized spacial score (nSPS) is 12.3. The fourth-order valence-corrected chi connectivity index (χ4v) is 3.52. The van der Waals surface area contributed by atoms with Crippen LogP contribution >= 0.6 is 0 Å². The van der Waals surface area contributed by atoms with Crippen molar-refractivity contribution < 1.29 is 19.8 Å². The highest BCUT2D eigenvalue weighted by Crippen LogP contribution is 2.41. The summed E-state index contributed by atoms with van der Waals surface area (Å²) in [5.41, 5.74) is 0.237. The predicted octanol–water partition coefficient (Wildman–Crippen LogP) is 4.32. The van der Waals surface area contributed by atoms with Crippen LogP contribution in [0.2, 0.25) is 0 Å². The van der Waals surface area contributed by atoms with E-state index in [2.05, 4.69) is 0 Å². The zero-order valence-corrected chi connectivity index (χ0v) is 14.7. The predicted molar refractivity (Wildman–Crippen MR) is 103 cm³/mol. The van der Waals surface area contributed by atoms with Gasteiger partial charge in [0, 0.05) is 0 Å². The van der Waals surface area contributed by atoms with Crippen LogP contribution in [-0.4, -0.2) is 22.2 Å². The molecule has 0 aliphatic rings. The molecule has 3 aromatic carbocycles. The molecule has 1 unspecified atom stereocenters. The van der Waals surface area contributed by atoms with Gasteiger partial charge in [-0.3, -0.25) is 9.59 Å². The first-order valence-corrected chi connectivity index (χ1v) is 8.68. The van der Waals surface area contributed by atoms with E-state index >= 15 is 0 Å². The van der Waals surface area contributed by atoms with E-state index in [1.54, 1.807) is 78.9 Å². The van der Waals surface area contributed by atoms with Crippen molar-refractivity contribution in [3.05, 3.63) is 108 Å². The van der Waals surface area contributed by atoms with Crippen molar-refractivity contribution >= 4 is 11.9 Å². The molecule has 0 aliphatic carbocycles. The SMILES string of the molecule is O=C(O)C(CC(C(=O)O)(c1ccccc1)c1ccccc1)c1ccccc1. The summed E-state index contributed by atoms with van der Waals surface area (Å²) in [5.74, 6) is -3.07. The van der Waals surface area contributed by atoms with Crippen LogP contribution < -0.4 is 0 Å². The fourth-order valence-electron chi connectivity index (χ4n) is 3.52. The Hall–Kier alpha value is -3.40. The Bertz CT molecular complexity index is 865. The van der Waals surface area contributed by atoms with Crippen molar-refractivity contribution in [2.75, 3.05) is 0 Å². The first-order valence-electron chi connectivity index (χ1n) is 8.68. The van der Waals surface area contributed by atoms with Gasteiger partial charge < -0.3 is 10.2 Å². The molecule has 0 heterocycles. The van der Waals surface area contributed by atoms with E-state index in [1.165, 1.54) is 0 Å². The van der Waals surface area contributed by atoms with Crippen LogP contribution in [0.1, 0.15) is 29.0 Å². The van der Waals surface area contributed by atoms with Crippen molar-refractivity contribution in [3.8, 4) is 0 Å². The number of hydrogen-bond acceptors (Lipinski definition) is 2. The van der Waals surface area contributed by atoms with Crippen molar-refractivity contribution in [1.29, 1.82) is 0 Å². The zero-order valence-electron chi connectivity index (χ0n) is 14.7. The Morgan fingerprint density at radius 1 is 0.704 bits per heavy atom. The van der Waals surface area contributed by atoms with Crippen LogP contribution in [0.3, 0.4) is 0 Å². The number of hydrogen-bond donors (Lipinski definition) is 2. The van der Waals surface area contributed by atoms with Crippen LogP contribution in [0.5, 0.6) is 0 Å². The van der Waals surface area contributed by atoms with E-state index in [4.69, 9.17) is 0 Å². The molecule has 4 heteroatoms. The van der Waals surface area contributed by atoms with E-state index in [9.17, 15) is 19.8 Å². The van der Waals surface area contributed by atoms with Crippen LogP contribution in [0, 0.1) is 0 Å². The maximum Gasteiger partial charge on any atom is 0.318 e. The molecule has 0 radical (unpaired) electrons. The van der Waals surface area contributed by atoms with Gasteiger partial charge in [-0.15, -0.1) is 0 Å². The smallest absolute Gasteiger partial charge is 0.318 e. The quantitative estimate of drug-likeness (QED) is 0.658. The number of carbonyl (C=O) groups is 2. The van der Waals surface area contributed by atoms with Crippen molar-refractivity contribution in [2.45, 2.75) is 17.8 Å². The molecule has 0 saturated heterocycles. The number of carboxylic acids is 2. The molecule has 0 bridgehead atoms. The molecule has 0 spiro atoms. The van der Waals surface area contributed by atoms with E-state index in [-0.39, 0.29) is 6.42 Å². The molecule has 27 heavy (non-hydrogen) atoms. The van der Waals surface area contributed by atoms with Gasteiger partial charge in [0.15, 0.2) is 0 Å². The lowest BCUT2D eigenvalue weighted by atomic mass is 9.68. The van der Waals surface area contributed by atoms with Crippen LogP contribution in [0.4, 0.5) is 0 Å². The Kier molecular flexibility index (Phi) is 5.36. The summed E-state index contributed by atoms with van der Waals surface area (Å²) in [4.78, 5) is 24.7. The lowest BCUT2D eigenvalue weighted by molar-refractivity contribution is -0.144. The van der Waals surface area contributed by atoms with Gasteiger partial charge in [0.25, 0.3) is 0 Å². The minimum absolute atomic E-state index is 0.0876. The monoisotopic (exact) mass is 360 g/mol. The van der Waals surface area contributed by atoms with Crippen molar-refractivity contribution in [1.82, 2.24) is 0 Å². The molecule has 0 aliphatic heterocycles. The molecule has 4 nitrogen and oxygen atoms in total. The van der Waals surface area contributed by atoms with Crippen LogP contribution in [0.25, 0.3) is 0 Å². The van der Waals surface area contributed by atoms with Crippen LogP contribution in [-0.2, 0) is 15.0 Å². The third-order valence-corrected chi connectivity index (χ3v) is 4.91. The van der Waals surface area contributed by atoms with Crippen LogP contribution in [0.15, 0.2) is 91.0 Å². The standard InChI is InChI=1S/C23H20O4/c24-21(25)20(17-10-4-1-5-11-17)16-23(22(26)27,18-12-6-2-7-13-18)19-14-8-3-9-15-19/h1-15,20H,16H2,(H,24,25)(H,26,27). The van der Waals surface area contributed by atoms with Crippen molar-refractivity contribution in [3.63, 3.8) is 0 Å². The minimum atomic E-state index is -1.47. The molecule has 0 amide bonds. The lowest BCUT2D eigenvalue weighted by Crippen LogP contribution is -2.40. The van der Waals surface area contributed by atoms with E-state index < -0.39 is 23.3 Å². The van der Waals surface area contributed by atoms with E-state index in [1.807, 2.05) is 12.1 Å². The van der Waals surface area contributed by atoms with Gasteiger partial charge in [-0.05, 0) is 23.1 Å². The Balaban J connectivity index is 2.20. The molecule has 2 N–H and O–H groups in total. The van der Waals surface area contributed by atoms with Gasteiger partial charge in [-0.2, -0.15) is 0 Å². The number of benzene rings is 3. The lowest BCUT2D eigenvalue weighted by Gasteiger charge is -2.33. The minimum Gasteiger partial charge on any atom is -0.481 e. The summed E-state index contributed by atoms with van der Waals surface area (Å²) in [6, 6.07) is 26.5. The van der Waals surface area contributed by atoms with Gasteiger partial charge in [-0.25, -0.2) is 0 Å². The summed E-state index contributed by atoms with van der Waals surface area (Å²) in [6.07, 6.45) is -0.0876. The first-order chi connectivity index (χ1) is 13.1. The second-order valence-electron chi connectivity index (χ2n) is 6.45. The summed E-state index contributed by atoms with van der Waals surface area (Å²) in [6.45, 7) is 0. The molecule has 3 rings (SSSR count). The van der Waals surface area contributed by atoms with E-state index in [0.717, 1.165) is 0 Å². The Morgan fingerprint density at radius 3 is 1.48 bits per heavy atom. The highest BCUT2D eigenvalue weighted by atomic mass is 16.4. The molecule has 0 saturated carbocycles. The summed E-state index contributed by atoms with van der Waals surface area (Å²) < 4.78 is 0. The molecular weight excluding hydrogens is 340 g/mol. The highest BCUT2D eigenvalue weighted by Gasteiger charge is 2.45. The Morgan fingerprint density at radius 2 is 1.11 bits per heavy atom. The number of aliphatic carboxylic acids is 2. The maximum absolute atomic E-state index is 12.6. The average Bonchev–Trinajstić information content (AvgIpc) is 2.70. The topological polar surface area (TPSA) is 74.6 Å². The summed E-state index contributed by atoms with van der Waals surface area (Å²) >= 11 is 0. The second-order valence-corrected chi connectivity index (χ2v) is 6.45. The molecule has 136 valence electrons. The fraction of sp³-hybridized carbons (Fsp3) is 0.130. The summed E-state index contributed by atoms with van der Waals surface area (Å²) in [5, 5.41) is 20.2. The highest BCUT2D eigenvalue weighted by molar-refractivity contribution is 5.88. The second kappa shape index (κ2) is 7.87. The van der Waals surface area contributed by atoms with Gasteiger partial charge in [0.1, 0.15) is 5.41 Å². The number of rotatable bonds is 7. The first kappa shape index (κ1) is 18.4. The number of carboxylic acid groups (broad SMARTS) is 2. The molecule has 3 aromatic rings. The Labute approximate surface area is 157 Å².